The number of nitrogens with zero attached hydrogens (tertiary/aromatic N) is 4. The van der Waals surface area contributed by atoms with E-state index in [0.29, 0.717) is 23.0 Å². The lowest BCUT2D eigenvalue weighted by atomic mass is 10.0. The molecule has 1 N–H and O–H groups in total. The maximum absolute atomic E-state index is 13.0. The first-order chi connectivity index (χ1) is 15.0. The topological polar surface area (TPSA) is 93.8 Å². The van der Waals surface area contributed by atoms with Gasteiger partial charge in [0.15, 0.2) is 0 Å². The summed E-state index contributed by atoms with van der Waals surface area (Å²) >= 11 is 0. The van der Waals surface area contributed by atoms with Gasteiger partial charge in [0.2, 0.25) is 11.7 Å². The molecule has 1 amide bonds. The summed E-state index contributed by atoms with van der Waals surface area (Å²) in [5.41, 5.74) is 3.81. The zero-order valence-corrected chi connectivity index (χ0v) is 17.6. The molecule has 0 aliphatic heterocycles. The van der Waals surface area contributed by atoms with Crippen LogP contribution in [0.5, 0.6) is 0 Å². The van der Waals surface area contributed by atoms with E-state index in [1.54, 1.807) is 30.6 Å². The lowest BCUT2D eigenvalue weighted by Gasteiger charge is -2.19. The van der Waals surface area contributed by atoms with Crippen molar-refractivity contribution in [3.05, 3.63) is 84.1 Å². The highest BCUT2D eigenvalue weighted by atomic mass is 16.5. The molecule has 7 heteroatoms. The maximum atomic E-state index is 13.0. The lowest BCUT2D eigenvalue weighted by Crippen LogP contribution is -2.32. The highest BCUT2D eigenvalue weighted by Crippen LogP contribution is 2.25. The number of hydrogen-bond donors (Lipinski definition) is 1. The van der Waals surface area contributed by atoms with Crippen LogP contribution in [0.15, 0.2) is 71.5 Å². The molecule has 1 atom stereocenters. The molecule has 31 heavy (non-hydrogen) atoms. The maximum Gasteiger partial charge on any atom is 0.253 e. The summed E-state index contributed by atoms with van der Waals surface area (Å²) in [4.78, 5) is 26.1. The number of pyridine rings is 2. The van der Waals surface area contributed by atoms with Crippen molar-refractivity contribution < 1.29 is 9.32 Å². The fourth-order valence-electron chi connectivity index (χ4n) is 3.28. The Morgan fingerprint density at radius 1 is 0.935 bits per heavy atom. The smallest absolute Gasteiger partial charge is 0.253 e. The van der Waals surface area contributed by atoms with Crippen molar-refractivity contribution in [1.82, 2.24) is 25.4 Å². The van der Waals surface area contributed by atoms with Gasteiger partial charge in [-0.1, -0.05) is 49.3 Å². The van der Waals surface area contributed by atoms with Gasteiger partial charge >= 0.3 is 0 Å². The van der Waals surface area contributed by atoms with Gasteiger partial charge in [-0.25, -0.2) is 0 Å². The fraction of sp³-hybridized carbons (Fsp3) is 0.208. The Morgan fingerprint density at radius 2 is 1.68 bits per heavy atom. The molecule has 0 fully saturated rings. The van der Waals surface area contributed by atoms with Crippen molar-refractivity contribution in [3.63, 3.8) is 0 Å². The molecule has 4 aromatic rings. The van der Waals surface area contributed by atoms with E-state index in [-0.39, 0.29) is 11.8 Å². The predicted molar refractivity (Wildman–Crippen MR) is 117 cm³/mol. The highest BCUT2D eigenvalue weighted by molar-refractivity contribution is 5.95. The van der Waals surface area contributed by atoms with Gasteiger partial charge in [-0.15, -0.1) is 0 Å². The van der Waals surface area contributed by atoms with E-state index in [2.05, 4.69) is 25.4 Å². The van der Waals surface area contributed by atoms with Crippen LogP contribution in [0.4, 0.5) is 0 Å². The van der Waals surface area contributed by atoms with Crippen LogP contribution >= 0.6 is 0 Å². The molecular formula is C24H23N5O2. The minimum atomic E-state index is -0.427. The molecule has 0 spiro atoms. The molecule has 3 aromatic heterocycles. The normalized spacial score (nSPS) is 12.0. The van der Waals surface area contributed by atoms with Crippen LogP contribution in [0, 0.1) is 12.8 Å². The van der Waals surface area contributed by atoms with Crippen molar-refractivity contribution in [2.24, 2.45) is 5.92 Å². The summed E-state index contributed by atoms with van der Waals surface area (Å²) in [6.45, 7) is 5.82. The molecule has 0 bridgehead atoms. The second kappa shape index (κ2) is 8.87. The number of amides is 1. The molecule has 0 saturated carbocycles. The summed E-state index contributed by atoms with van der Waals surface area (Å²) in [5, 5.41) is 7.08. The Balaban J connectivity index is 1.55. The molecule has 0 aliphatic rings. The Kier molecular flexibility index (Phi) is 5.84. The van der Waals surface area contributed by atoms with E-state index in [4.69, 9.17) is 4.52 Å². The van der Waals surface area contributed by atoms with Crippen LogP contribution in [-0.4, -0.2) is 26.0 Å². The highest BCUT2D eigenvalue weighted by Gasteiger charge is 2.26. The van der Waals surface area contributed by atoms with Crippen molar-refractivity contribution in [2.45, 2.75) is 26.8 Å². The Bertz CT molecular complexity index is 1170. The van der Waals surface area contributed by atoms with Gasteiger partial charge in [0.1, 0.15) is 6.04 Å². The van der Waals surface area contributed by atoms with Gasteiger partial charge in [-0.05, 0) is 37.1 Å². The summed E-state index contributed by atoms with van der Waals surface area (Å²) in [6, 6.07) is 16.7. The first-order valence-corrected chi connectivity index (χ1v) is 10.1. The number of aryl methyl sites for hydroxylation is 1. The monoisotopic (exact) mass is 413 g/mol. The van der Waals surface area contributed by atoms with E-state index in [1.165, 1.54) is 0 Å². The lowest BCUT2D eigenvalue weighted by molar-refractivity contribution is 0.0913. The van der Waals surface area contributed by atoms with Crippen molar-refractivity contribution in [3.8, 4) is 22.6 Å². The molecule has 0 radical (unpaired) electrons. The van der Waals surface area contributed by atoms with E-state index >= 15 is 0 Å². The van der Waals surface area contributed by atoms with Crippen molar-refractivity contribution >= 4 is 5.91 Å². The predicted octanol–water partition coefficient (Wildman–Crippen LogP) is 4.63. The van der Waals surface area contributed by atoms with Gasteiger partial charge in [-0.3, -0.25) is 14.8 Å². The summed E-state index contributed by atoms with van der Waals surface area (Å²) in [6.07, 6.45) is 3.34. The van der Waals surface area contributed by atoms with Gasteiger partial charge in [-0.2, -0.15) is 4.98 Å². The van der Waals surface area contributed by atoms with Gasteiger partial charge in [0.25, 0.3) is 5.91 Å². The van der Waals surface area contributed by atoms with E-state index in [9.17, 15) is 4.79 Å². The molecule has 1 unspecified atom stereocenters. The standard InChI is InChI=1S/C24H23N5O2/c1-15(2)21(24-28-22(29-31-24)18-11-13-25-14-12-18)27-23(30)19-9-10-20(26-16(19)3)17-7-5-4-6-8-17/h4-15,21H,1-3H3,(H,27,30). The molecule has 7 nitrogen and oxygen atoms in total. The number of benzene rings is 1. The minimum absolute atomic E-state index is 0.0477. The number of carbonyl (C=O) groups excluding carboxylic acids is 1. The Morgan fingerprint density at radius 3 is 2.35 bits per heavy atom. The number of nitrogens with one attached hydrogen (secondary N) is 1. The molecule has 4 rings (SSSR count). The number of rotatable bonds is 6. The number of carbonyl (C=O) groups is 1. The molecule has 1 aromatic carbocycles. The third-order valence-electron chi connectivity index (χ3n) is 5.00. The van der Waals surface area contributed by atoms with Crippen LogP contribution in [0.3, 0.4) is 0 Å². The average Bonchev–Trinajstić information content (AvgIpc) is 3.28. The molecule has 0 aliphatic carbocycles. The molecule has 0 saturated heterocycles. The first kappa shape index (κ1) is 20.4. The van der Waals surface area contributed by atoms with Crippen molar-refractivity contribution in [1.29, 1.82) is 0 Å². The van der Waals surface area contributed by atoms with Gasteiger partial charge in [0.05, 0.1) is 17.0 Å². The number of hydrogen-bond acceptors (Lipinski definition) is 6. The third kappa shape index (κ3) is 4.50. The van der Waals surface area contributed by atoms with E-state index in [1.807, 2.05) is 57.2 Å². The first-order valence-electron chi connectivity index (χ1n) is 10.1. The third-order valence-corrected chi connectivity index (χ3v) is 5.00. The van der Waals surface area contributed by atoms with Crippen LogP contribution in [0.2, 0.25) is 0 Å². The van der Waals surface area contributed by atoms with Crippen molar-refractivity contribution in [2.75, 3.05) is 0 Å². The second-order valence-electron chi connectivity index (χ2n) is 7.58. The zero-order valence-electron chi connectivity index (χ0n) is 17.6. The molecule has 156 valence electrons. The quantitative estimate of drug-likeness (QED) is 0.495. The SMILES string of the molecule is Cc1nc(-c2ccccc2)ccc1C(=O)NC(c1nc(-c2ccncc2)no1)C(C)C. The Labute approximate surface area is 180 Å². The second-order valence-corrected chi connectivity index (χ2v) is 7.58. The van der Waals surface area contributed by atoms with E-state index < -0.39 is 6.04 Å². The number of aromatic nitrogens is 4. The largest absolute Gasteiger partial charge is 0.340 e. The summed E-state index contributed by atoms with van der Waals surface area (Å²) in [7, 11) is 0. The fourth-order valence-corrected chi connectivity index (χ4v) is 3.28. The van der Waals surface area contributed by atoms with Crippen LogP contribution < -0.4 is 5.32 Å². The molecule has 3 heterocycles. The van der Waals surface area contributed by atoms with Gasteiger partial charge < -0.3 is 9.84 Å². The van der Waals surface area contributed by atoms with Crippen LogP contribution in [-0.2, 0) is 0 Å². The zero-order chi connectivity index (χ0) is 21.8. The molecular weight excluding hydrogens is 390 g/mol. The van der Waals surface area contributed by atoms with Crippen LogP contribution in [0.1, 0.15) is 41.8 Å². The Hall–Kier alpha value is -3.87. The van der Waals surface area contributed by atoms with E-state index in [0.717, 1.165) is 16.8 Å². The van der Waals surface area contributed by atoms with Crippen LogP contribution in [0.25, 0.3) is 22.6 Å². The summed E-state index contributed by atoms with van der Waals surface area (Å²) in [5.74, 6) is 0.641. The summed E-state index contributed by atoms with van der Waals surface area (Å²) < 4.78 is 5.47. The minimum Gasteiger partial charge on any atom is -0.340 e. The average molecular weight is 413 g/mol. The van der Waals surface area contributed by atoms with Gasteiger partial charge in [0, 0.05) is 23.5 Å².